The fourth-order valence-electron chi connectivity index (χ4n) is 2.76. The molecule has 3 aromatic carbocycles. The van der Waals surface area contributed by atoms with Gasteiger partial charge in [0.05, 0.1) is 10.7 Å². The summed E-state index contributed by atoms with van der Waals surface area (Å²) in [6.07, 6.45) is 1.67. The lowest BCUT2D eigenvalue weighted by molar-refractivity contribution is 0.0735. The Bertz CT molecular complexity index is 1130. The second kappa shape index (κ2) is 8.00. The minimum absolute atomic E-state index is 0.293. The highest BCUT2D eigenvalue weighted by atomic mass is 79.9. The van der Waals surface area contributed by atoms with Crippen LogP contribution in [0.3, 0.4) is 0 Å². The van der Waals surface area contributed by atoms with E-state index in [0.29, 0.717) is 22.0 Å². The third-order valence-electron chi connectivity index (χ3n) is 4.10. The fraction of sp³-hybridized carbons (Fsp3) is 0. The highest BCUT2D eigenvalue weighted by Crippen LogP contribution is 2.30. The maximum Gasteiger partial charge on any atom is 0.347 e. The summed E-state index contributed by atoms with van der Waals surface area (Å²) in [6, 6.07) is 24.2. The summed E-state index contributed by atoms with van der Waals surface area (Å²) in [7, 11) is 0. The molecule has 0 aliphatic carbocycles. The minimum Gasteiger partial charge on any atom is -0.421 e. The first-order chi connectivity index (χ1) is 13.6. The van der Waals surface area contributed by atoms with Gasteiger partial charge in [-0.1, -0.05) is 76.1 Å². The molecule has 1 aromatic heterocycles. The van der Waals surface area contributed by atoms with Gasteiger partial charge in [0.25, 0.3) is 0 Å². The Kier molecular flexibility index (Phi) is 5.28. The van der Waals surface area contributed by atoms with E-state index in [4.69, 9.17) is 16.3 Å². The van der Waals surface area contributed by atoms with E-state index in [1.165, 1.54) is 0 Å². The summed E-state index contributed by atoms with van der Waals surface area (Å²) in [5.41, 5.74) is 2.57. The van der Waals surface area contributed by atoms with Crippen molar-refractivity contribution in [2.45, 2.75) is 0 Å². The fourth-order valence-corrected chi connectivity index (χ4v) is 3.47. The predicted molar refractivity (Wildman–Crippen MR) is 113 cm³/mol. The van der Waals surface area contributed by atoms with Gasteiger partial charge in [-0.15, -0.1) is 0 Å². The summed E-state index contributed by atoms with van der Waals surface area (Å²) in [6.45, 7) is 0. The first-order valence-electron chi connectivity index (χ1n) is 8.49. The van der Waals surface area contributed by atoms with Crippen LogP contribution in [0.15, 0.2) is 89.5 Å². The second-order valence-corrected chi connectivity index (χ2v) is 7.32. The Morgan fingerprint density at radius 2 is 1.64 bits per heavy atom. The topological polar surface area (TPSA) is 44.1 Å². The van der Waals surface area contributed by atoms with Gasteiger partial charge in [0.1, 0.15) is 17.0 Å². The third-order valence-corrected chi connectivity index (χ3v) is 4.89. The van der Waals surface area contributed by atoms with Crippen LogP contribution in [0, 0.1) is 0 Å². The zero-order chi connectivity index (χ0) is 19.5. The maximum atomic E-state index is 12.9. The van der Waals surface area contributed by atoms with Crippen LogP contribution in [0.2, 0.25) is 5.02 Å². The lowest BCUT2D eigenvalue weighted by Gasteiger charge is -2.06. The van der Waals surface area contributed by atoms with Crippen molar-refractivity contribution >= 4 is 33.5 Å². The van der Waals surface area contributed by atoms with Gasteiger partial charge in [-0.2, -0.15) is 5.10 Å². The molecule has 0 aliphatic heterocycles. The number of carbonyl (C=O) groups is 1. The lowest BCUT2D eigenvalue weighted by atomic mass is 10.1. The molecule has 0 amide bonds. The first-order valence-corrected chi connectivity index (χ1v) is 9.66. The molecular formula is C22H14BrClN2O2. The van der Waals surface area contributed by atoms with Crippen LogP contribution in [0.25, 0.3) is 16.9 Å². The number of halogens is 2. The average Bonchev–Trinajstić information content (AvgIpc) is 3.17. The molecule has 4 rings (SSSR count). The van der Waals surface area contributed by atoms with Crippen LogP contribution in [-0.2, 0) is 0 Å². The highest BCUT2D eigenvalue weighted by molar-refractivity contribution is 9.10. The lowest BCUT2D eigenvalue weighted by Crippen LogP contribution is -2.09. The van der Waals surface area contributed by atoms with Crippen molar-refractivity contribution in [2.24, 2.45) is 0 Å². The Morgan fingerprint density at radius 3 is 2.32 bits per heavy atom. The Labute approximate surface area is 175 Å². The van der Waals surface area contributed by atoms with Crippen molar-refractivity contribution in [1.29, 1.82) is 0 Å². The van der Waals surface area contributed by atoms with Crippen molar-refractivity contribution < 1.29 is 9.53 Å². The van der Waals surface area contributed by atoms with Gasteiger partial charge in [0.15, 0.2) is 0 Å². The van der Waals surface area contributed by atoms with E-state index in [1.807, 2.05) is 60.7 Å². The number of benzene rings is 3. The number of rotatable bonds is 4. The van der Waals surface area contributed by atoms with Crippen molar-refractivity contribution in [2.75, 3.05) is 0 Å². The summed E-state index contributed by atoms with van der Waals surface area (Å²) in [5, 5.41) is 4.97. The number of hydrogen-bond acceptors (Lipinski definition) is 3. The van der Waals surface area contributed by atoms with E-state index in [-0.39, 0.29) is 0 Å². The molecule has 0 bridgehead atoms. The van der Waals surface area contributed by atoms with E-state index < -0.39 is 5.97 Å². The molecule has 138 valence electrons. The van der Waals surface area contributed by atoms with Gasteiger partial charge >= 0.3 is 5.97 Å². The van der Waals surface area contributed by atoms with Crippen molar-refractivity contribution in [3.63, 3.8) is 0 Å². The number of esters is 1. The summed E-state index contributed by atoms with van der Waals surface area (Å²) in [4.78, 5) is 12.9. The normalized spacial score (nSPS) is 10.6. The number of para-hydroxylation sites is 1. The van der Waals surface area contributed by atoms with Gasteiger partial charge in [0, 0.05) is 16.2 Å². The third kappa shape index (κ3) is 3.86. The SMILES string of the molecule is O=C(Oc1ccc(Br)cc1Cl)c1cn(-c2ccccc2)nc1-c1ccccc1. The zero-order valence-corrected chi connectivity index (χ0v) is 16.9. The molecule has 0 N–H and O–H groups in total. The molecule has 1 heterocycles. The Morgan fingerprint density at radius 1 is 0.964 bits per heavy atom. The van der Waals surface area contributed by atoms with E-state index in [0.717, 1.165) is 15.7 Å². The summed E-state index contributed by atoms with van der Waals surface area (Å²) < 4.78 is 8.03. The summed E-state index contributed by atoms with van der Waals surface area (Å²) in [5.74, 6) is -0.230. The molecule has 4 aromatic rings. The Balaban J connectivity index is 1.76. The van der Waals surface area contributed by atoms with Gasteiger partial charge in [-0.3, -0.25) is 0 Å². The molecule has 0 aliphatic rings. The van der Waals surface area contributed by atoms with E-state index in [2.05, 4.69) is 21.0 Å². The van der Waals surface area contributed by atoms with Crippen molar-refractivity contribution in [3.05, 3.63) is 100 Å². The van der Waals surface area contributed by atoms with Crippen molar-refractivity contribution in [3.8, 4) is 22.7 Å². The van der Waals surface area contributed by atoms with Gasteiger partial charge < -0.3 is 4.74 Å². The molecule has 0 fully saturated rings. The van der Waals surface area contributed by atoms with E-state index in [1.54, 1.807) is 29.1 Å². The molecule has 0 spiro atoms. The van der Waals surface area contributed by atoms with E-state index >= 15 is 0 Å². The molecule has 0 radical (unpaired) electrons. The smallest absolute Gasteiger partial charge is 0.347 e. The molecule has 4 nitrogen and oxygen atoms in total. The molecule has 6 heteroatoms. The monoisotopic (exact) mass is 452 g/mol. The average molecular weight is 454 g/mol. The standard InChI is InChI=1S/C22H14BrClN2O2/c23-16-11-12-20(19(24)13-16)28-22(27)18-14-26(17-9-5-2-6-10-17)25-21(18)15-7-3-1-4-8-15/h1-14H. The van der Waals surface area contributed by atoms with Crippen LogP contribution in [0.1, 0.15) is 10.4 Å². The van der Waals surface area contributed by atoms with Crippen LogP contribution in [-0.4, -0.2) is 15.7 Å². The van der Waals surface area contributed by atoms with Gasteiger partial charge in [0.2, 0.25) is 0 Å². The molecule has 0 saturated heterocycles. The highest BCUT2D eigenvalue weighted by Gasteiger charge is 2.21. The number of carbonyl (C=O) groups excluding carboxylic acids is 1. The largest absolute Gasteiger partial charge is 0.421 e. The number of hydrogen-bond donors (Lipinski definition) is 0. The predicted octanol–water partition coefficient (Wildman–Crippen LogP) is 6.17. The van der Waals surface area contributed by atoms with Crippen LogP contribution >= 0.6 is 27.5 Å². The second-order valence-electron chi connectivity index (χ2n) is 6.00. The number of ether oxygens (including phenoxy) is 1. The molecule has 0 unspecified atom stereocenters. The molecule has 0 atom stereocenters. The molecule has 0 saturated carbocycles. The summed E-state index contributed by atoms with van der Waals surface area (Å²) >= 11 is 9.53. The first kappa shape index (κ1) is 18.5. The van der Waals surface area contributed by atoms with Crippen molar-refractivity contribution in [1.82, 2.24) is 9.78 Å². The van der Waals surface area contributed by atoms with Crippen LogP contribution < -0.4 is 4.74 Å². The molecule has 28 heavy (non-hydrogen) atoms. The number of aromatic nitrogens is 2. The Hall–Kier alpha value is -2.89. The quantitative estimate of drug-likeness (QED) is 0.274. The van der Waals surface area contributed by atoms with Crippen LogP contribution in [0.4, 0.5) is 0 Å². The maximum absolute atomic E-state index is 12.9. The van der Waals surface area contributed by atoms with Crippen LogP contribution in [0.5, 0.6) is 5.75 Å². The van der Waals surface area contributed by atoms with Gasteiger partial charge in [-0.25, -0.2) is 9.48 Å². The minimum atomic E-state index is -0.523. The zero-order valence-electron chi connectivity index (χ0n) is 14.5. The number of nitrogens with zero attached hydrogens (tertiary/aromatic N) is 2. The van der Waals surface area contributed by atoms with E-state index in [9.17, 15) is 4.79 Å². The van der Waals surface area contributed by atoms with Gasteiger partial charge in [-0.05, 0) is 30.3 Å². The molecular weight excluding hydrogens is 440 g/mol.